The van der Waals surface area contributed by atoms with Gasteiger partial charge in [0.25, 0.3) is 0 Å². The Morgan fingerprint density at radius 2 is 1.81 bits per heavy atom. The van der Waals surface area contributed by atoms with Gasteiger partial charge in [0, 0.05) is 24.4 Å². The van der Waals surface area contributed by atoms with E-state index in [-0.39, 0.29) is 18.4 Å². The summed E-state index contributed by atoms with van der Waals surface area (Å²) in [5.41, 5.74) is 3.40. The molecule has 0 unspecified atom stereocenters. The van der Waals surface area contributed by atoms with E-state index < -0.39 is 0 Å². The second kappa shape index (κ2) is 7.47. The van der Waals surface area contributed by atoms with Crippen LogP contribution in [0.3, 0.4) is 0 Å². The van der Waals surface area contributed by atoms with Crippen molar-refractivity contribution in [2.24, 2.45) is 0 Å². The zero-order valence-corrected chi connectivity index (χ0v) is 15.2. The number of carbonyl (C=O) groups excluding carboxylic acids is 2. The van der Waals surface area contributed by atoms with Gasteiger partial charge in [-0.05, 0) is 43.2 Å². The third-order valence-corrected chi connectivity index (χ3v) is 4.37. The minimum Gasteiger partial charge on any atom is -0.486 e. The summed E-state index contributed by atoms with van der Waals surface area (Å²) in [6.07, 6.45) is 0. The Kier molecular flexibility index (Phi) is 5.11. The lowest BCUT2D eigenvalue weighted by Crippen LogP contribution is -2.37. The van der Waals surface area contributed by atoms with Crippen LogP contribution in [0.25, 0.3) is 0 Å². The minimum atomic E-state index is -0.280. The molecule has 2 amide bonds. The van der Waals surface area contributed by atoms with Gasteiger partial charge in [-0.3, -0.25) is 9.59 Å². The lowest BCUT2D eigenvalue weighted by molar-refractivity contribution is -0.120. The van der Waals surface area contributed by atoms with E-state index in [4.69, 9.17) is 9.47 Å². The SMILES string of the molecule is CC(=O)N(CC(=O)Nc1ccc2c(c1)OCCO2)c1cccc(C)c1C. The Balaban J connectivity index is 1.75. The van der Waals surface area contributed by atoms with E-state index in [0.717, 1.165) is 16.8 Å². The highest BCUT2D eigenvalue weighted by atomic mass is 16.6. The van der Waals surface area contributed by atoms with E-state index in [1.807, 2.05) is 32.0 Å². The van der Waals surface area contributed by atoms with Crippen molar-refractivity contribution in [2.45, 2.75) is 20.8 Å². The summed E-state index contributed by atoms with van der Waals surface area (Å²) in [7, 11) is 0. The van der Waals surface area contributed by atoms with Gasteiger partial charge >= 0.3 is 0 Å². The van der Waals surface area contributed by atoms with Crippen molar-refractivity contribution >= 4 is 23.2 Å². The first-order chi connectivity index (χ1) is 12.5. The van der Waals surface area contributed by atoms with E-state index in [9.17, 15) is 9.59 Å². The first-order valence-corrected chi connectivity index (χ1v) is 8.49. The molecule has 0 aliphatic carbocycles. The molecule has 0 saturated carbocycles. The molecule has 2 aromatic rings. The van der Waals surface area contributed by atoms with Gasteiger partial charge in [0.2, 0.25) is 11.8 Å². The number of anilines is 2. The predicted molar refractivity (Wildman–Crippen MR) is 100 cm³/mol. The number of ether oxygens (including phenoxy) is 2. The number of benzene rings is 2. The van der Waals surface area contributed by atoms with E-state index in [1.165, 1.54) is 11.8 Å². The van der Waals surface area contributed by atoms with Crippen LogP contribution in [0, 0.1) is 13.8 Å². The van der Waals surface area contributed by atoms with Crippen LogP contribution >= 0.6 is 0 Å². The normalized spacial score (nSPS) is 12.4. The fraction of sp³-hybridized carbons (Fsp3) is 0.300. The predicted octanol–water partition coefficient (Wildman–Crippen LogP) is 3.07. The van der Waals surface area contributed by atoms with E-state index in [2.05, 4.69) is 5.32 Å². The van der Waals surface area contributed by atoms with Gasteiger partial charge in [0.1, 0.15) is 19.8 Å². The summed E-state index contributed by atoms with van der Waals surface area (Å²) in [6, 6.07) is 10.9. The Morgan fingerprint density at radius 1 is 1.08 bits per heavy atom. The number of carbonyl (C=O) groups is 2. The number of hydrogen-bond acceptors (Lipinski definition) is 4. The molecule has 0 saturated heterocycles. The molecule has 0 spiro atoms. The zero-order valence-electron chi connectivity index (χ0n) is 15.2. The lowest BCUT2D eigenvalue weighted by atomic mass is 10.1. The largest absolute Gasteiger partial charge is 0.486 e. The van der Waals surface area contributed by atoms with Gasteiger partial charge < -0.3 is 19.7 Å². The third-order valence-electron chi connectivity index (χ3n) is 4.37. The van der Waals surface area contributed by atoms with Gasteiger partial charge in [-0.25, -0.2) is 0 Å². The van der Waals surface area contributed by atoms with Crippen LogP contribution in [0.2, 0.25) is 0 Å². The van der Waals surface area contributed by atoms with Crippen LogP contribution in [0.5, 0.6) is 11.5 Å². The average Bonchev–Trinajstić information content (AvgIpc) is 2.62. The van der Waals surface area contributed by atoms with Crippen LogP contribution in [-0.4, -0.2) is 31.6 Å². The summed E-state index contributed by atoms with van der Waals surface area (Å²) < 4.78 is 11.0. The molecular formula is C20H22N2O4. The zero-order chi connectivity index (χ0) is 18.7. The first kappa shape index (κ1) is 17.8. The number of hydrogen-bond donors (Lipinski definition) is 1. The van der Waals surface area contributed by atoms with Gasteiger partial charge in [-0.1, -0.05) is 12.1 Å². The lowest BCUT2D eigenvalue weighted by Gasteiger charge is -2.24. The number of nitrogens with one attached hydrogen (secondary N) is 1. The minimum absolute atomic E-state index is 0.0614. The number of amides is 2. The molecule has 2 aromatic carbocycles. The number of aryl methyl sites for hydroxylation is 1. The highest BCUT2D eigenvalue weighted by Crippen LogP contribution is 2.32. The van der Waals surface area contributed by atoms with Gasteiger partial charge in [-0.2, -0.15) is 0 Å². The highest BCUT2D eigenvalue weighted by Gasteiger charge is 2.19. The number of nitrogens with zero attached hydrogens (tertiary/aromatic N) is 1. The van der Waals surface area contributed by atoms with Crippen molar-refractivity contribution in [1.29, 1.82) is 0 Å². The fourth-order valence-electron chi connectivity index (χ4n) is 2.86. The summed E-state index contributed by atoms with van der Waals surface area (Å²) in [5, 5.41) is 2.81. The van der Waals surface area contributed by atoms with Crippen LogP contribution < -0.4 is 19.7 Å². The van der Waals surface area contributed by atoms with Crippen LogP contribution in [0.1, 0.15) is 18.1 Å². The summed E-state index contributed by atoms with van der Waals surface area (Å²) in [4.78, 5) is 26.1. The Bertz CT molecular complexity index is 848. The Hall–Kier alpha value is -3.02. The quantitative estimate of drug-likeness (QED) is 0.916. The van der Waals surface area contributed by atoms with Crippen LogP contribution in [-0.2, 0) is 9.59 Å². The van der Waals surface area contributed by atoms with Gasteiger partial charge in [-0.15, -0.1) is 0 Å². The van der Waals surface area contributed by atoms with Gasteiger partial charge in [0.15, 0.2) is 11.5 Å². The van der Waals surface area contributed by atoms with Crippen molar-refractivity contribution in [3.63, 3.8) is 0 Å². The summed E-state index contributed by atoms with van der Waals surface area (Å²) in [6.45, 7) is 6.32. The maximum absolute atomic E-state index is 12.5. The Morgan fingerprint density at radius 3 is 2.54 bits per heavy atom. The summed E-state index contributed by atoms with van der Waals surface area (Å²) >= 11 is 0. The van der Waals surface area contributed by atoms with Crippen molar-refractivity contribution in [3.8, 4) is 11.5 Å². The molecule has 0 atom stereocenters. The standard InChI is InChI=1S/C20H22N2O4/c1-13-5-4-6-17(14(13)2)22(15(3)23)12-20(24)21-16-7-8-18-19(11-16)26-10-9-25-18/h4-8,11H,9-10,12H2,1-3H3,(H,21,24). The van der Waals surface area contributed by atoms with Crippen LogP contribution in [0.4, 0.5) is 11.4 Å². The number of rotatable bonds is 4. The monoisotopic (exact) mass is 354 g/mol. The molecule has 1 heterocycles. The molecule has 1 aliphatic rings. The summed E-state index contributed by atoms with van der Waals surface area (Å²) in [5.74, 6) is 0.802. The van der Waals surface area contributed by atoms with Gasteiger partial charge in [0.05, 0.1) is 0 Å². The smallest absolute Gasteiger partial charge is 0.244 e. The maximum Gasteiger partial charge on any atom is 0.244 e. The molecular weight excluding hydrogens is 332 g/mol. The first-order valence-electron chi connectivity index (χ1n) is 8.49. The second-order valence-corrected chi connectivity index (χ2v) is 6.23. The molecule has 3 rings (SSSR count). The maximum atomic E-state index is 12.5. The van der Waals surface area contributed by atoms with Crippen LogP contribution in [0.15, 0.2) is 36.4 Å². The molecule has 1 N–H and O–H groups in total. The molecule has 26 heavy (non-hydrogen) atoms. The topological polar surface area (TPSA) is 67.9 Å². The van der Waals surface area contributed by atoms with Crippen molar-refractivity contribution < 1.29 is 19.1 Å². The third kappa shape index (κ3) is 3.79. The number of fused-ring (bicyclic) bond motifs is 1. The molecule has 6 heteroatoms. The van der Waals surface area contributed by atoms with Crippen molar-refractivity contribution in [1.82, 2.24) is 0 Å². The fourth-order valence-corrected chi connectivity index (χ4v) is 2.86. The molecule has 0 bridgehead atoms. The molecule has 6 nitrogen and oxygen atoms in total. The molecule has 0 radical (unpaired) electrons. The average molecular weight is 354 g/mol. The van der Waals surface area contributed by atoms with Crippen molar-refractivity contribution in [2.75, 3.05) is 30.0 Å². The molecule has 136 valence electrons. The molecule has 0 fully saturated rings. The second-order valence-electron chi connectivity index (χ2n) is 6.23. The molecule has 0 aromatic heterocycles. The Labute approximate surface area is 152 Å². The molecule has 1 aliphatic heterocycles. The van der Waals surface area contributed by atoms with E-state index in [0.29, 0.717) is 30.4 Å². The van der Waals surface area contributed by atoms with Crippen molar-refractivity contribution in [3.05, 3.63) is 47.5 Å². The van der Waals surface area contributed by atoms with E-state index >= 15 is 0 Å². The van der Waals surface area contributed by atoms with E-state index in [1.54, 1.807) is 18.2 Å². The highest BCUT2D eigenvalue weighted by molar-refractivity contribution is 6.02.